The van der Waals surface area contributed by atoms with Crippen LogP contribution in [0.2, 0.25) is 0 Å². The molecule has 0 radical (unpaired) electrons. The number of hydrogen-bond donors (Lipinski definition) is 3. The van der Waals surface area contributed by atoms with Gasteiger partial charge in [-0.15, -0.1) is 0 Å². The van der Waals surface area contributed by atoms with Gasteiger partial charge in [0, 0.05) is 10.9 Å². The van der Waals surface area contributed by atoms with Gasteiger partial charge in [0.2, 0.25) is 0 Å². The van der Waals surface area contributed by atoms with Gasteiger partial charge in [-0.3, -0.25) is 0 Å². The van der Waals surface area contributed by atoms with E-state index >= 15 is 0 Å². The van der Waals surface area contributed by atoms with Gasteiger partial charge in [-0.05, 0) is 46.8 Å². The van der Waals surface area contributed by atoms with E-state index in [1.165, 1.54) is 5.56 Å². The van der Waals surface area contributed by atoms with Crippen LogP contribution < -0.4 is 10.2 Å². The molecule has 3 rings (SSSR count). The number of nitrogens with zero attached hydrogens (tertiary/aromatic N) is 2. The number of aromatic nitrogens is 3. The summed E-state index contributed by atoms with van der Waals surface area (Å²) in [7, 11) is 0. The van der Waals surface area contributed by atoms with E-state index in [2.05, 4.69) is 73.1 Å². The van der Waals surface area contributed by atoms with E-state index in [0.29, 0.717) is 12.1 Å². The van der Waals surface area contributed by atoms with E-state index in [0.717, 1.165) is 40.8 Å². The molecular weight excluding hydrogens is 298 g/mol. The monoisotopic (exact) mass is 326 g/mol. The Morgan fingerprint density at radius 3 is 2.58 bits per heavy atom. The predicted molar refractivity (Wildman–Crippen MR) is 101 cm³/mol. The van der Waals surface area contributed by atoms with Crippen LogP contribution in [-0.2, 0) is 0 Å². The van der Waals surface area contributed by atoms with Crippen molar-refractivity contribution >= 4 is 27.8 Å². The van der Waals surface area contributed by atoms with Crippen LogP contribution in [0.3, 0.4) is 0 Å². The zero-order valence-electron chi connectivity index (χ0n) is 15.3. The van der Waals surface area contributed by atoms with Crippen molar-refractivity contribution in [3.63, 3.8) is 0 Å². The van der Waals surface area contributed by atoms with Crippen LogP contribution in [0.4, 0.5) is 5.82 Å². The topological polar surface area (TPSA) is 58.0 Å². The first-order valence-electron chi connectivity index (χ1n) is 8.80. The second-order valence-corrected chi connectivity index (χ2v) is 7.18. The molecule has 0 saturated carbocycles. The first-order valence-corrected chi connectivity index (χ1v) is 8.80. The van der Waals surface area contributed by atoms with Crippen molar-refractivity contribution in [2.24, 2.45) is 0 Å². The van der Waals surface area contributed by atoms with Gasteiger partial charge in [0.15, 0.2) is 5.82 Å². The molecule has 2 heterocycles. The summed E-state index contributed by atoms with van der Waals surface area (Å²) in [6, 6.07) is 7.64. The third kappa shape index (κ3) is 3.22. The maximum Gasteiger partial charge on any atom is 0.154 e. The molecule has 0 unspecified atom stereocenters. The summed E-state index contributed by atoms with van der Waals surface area (Å²) in [4.78, 5) is 14.0. The van der Waals surface area contributed by atoms with Crippen molar-refractivity contribution in [3.05, 3.63) is 30.1 Å². The lowest BCUT2D eigenvalue weighted by Crippen LogP contribution is -3.18. The number of rotatable bonds is 6. The van der Waals surface area contributed by atoms with Crippen molar-refractivity contribution < 1.29 is 4.90 Å². The molecule has 0 aliphatic carbocycles. The number of aromatic amines is 1. The summed E-state index contributed by atoms with van der Waals surface area (Å²) >= 11 is 0. The Kier molecular flexibility index (Phi) is 4.71. The number of nitrogens with one attached hydrogen (secondary N) is 3. The zero-order chi connectivity index (χ0) is 17.3. The van der Waals surface area contributed by atoms with E-state index < -0.39 is 0 Å². The highest BCUT2D eigenvalue weighted by atomic mass is 15.2. The van der Waals surface area contributed by atoms with Crippen molar-refractivity contribution in [3.8, 4) is 0 Å². The fourth-order valence-electron chi connectivity index (χ4n) is 3.51. The summed E-state index contributed by atoms with van der Waals surface area (Å²) < 4.78 is 0. The molecule has 0 aliphatic rings. The van der Waals surface area contributed by atoms with Crippen molar-refractivity contribution in [1.82, 2.24) is 15.0 Å². The predicted octanol–water partition coefficient (Wildman–Crippen LogP) is 2.53. The molecule has 1 aromatic carbocycles. The molecule has 0 bridgehead atoms. The van der Waals surface area contributed by atoms with Gasteiger partial charge in [-0.2, -0.15) is 0 Å². The van der Waals surface area contributed by atoms with Crippen LogP contribution in [0.5, 0.6) is 0 Å². The molecular formula is C19H28N5+. The summed E-state index contributed by atoms with van der Waals surface area (Å²) in [5, 5.41) is 4.66. The Morgan fingerprint density at radius 1 is 1.12 bits per heavy atom. The fourth-order valence-corrected chi connectivity index (χ4v) is 3.51. The second kappa shape index (κ2) is 6.77. The molecule has 0 spiro atoms. The SMILES string of the molecule is Cc1ccc2[nH]c3c(NCC[NH+](C(C)C)C(C)C)ncnc3c2c1. The number of fused-ring (bicyclic) bond motifs is 3. The molecule has 3 N–H and O–H groups in total. The third-order valence-corrected chi connectivity index (χ3v) is 4.73. The van der Waals surface area contributed by atoms with Crippen LogP contribution in [0.25, 0.3) is 21.9 Å². The summed E-state index contributed by atoms with van der Waals surface area (Å²) in [5.41, 5.74) is 4.33. The van der Waals surface area contributed by atoms with Gasteiger partial charge in [0.25, 0.3) is 0 Å². The Bertz CT molecular complexity index is 826. The molecule has 0 fully saturated rings. The quantitative estimate of drug-likeness (QED) is 0.652. The number of anilines is 1. The summed E-state index contributed by atoms with van der Waals surface area (Å²) in [6.07, 6.45) is 1.65. The molecule has 0 atom stereocenters. The van der Waals surface area contributed by atoms with E-state index in [4.69, 9.17) is 0 Å². The average molecular weight is 326 g/mol. The first kappa shape index (κ1) is 16.7. The molecule has 3 aromatic rings. The third-order valence-electron chi connectivity index (χ3n) is 4.73. The first-order chi connectivity index (χ1) is 11.5. The van der Waals surface area contributed by atoms with E-state index in [9.17, 15) is 0 Å². The fraction of sp³-hybridized carbons (Fsp3) is 0.474. The standard InChI is InChI=1S/C19H27N5/c1-12(2)24(13(3)4)9-8-20-19-18-17(21-11-22-19)15-10-14(5)6-7-16(15)23-18/h6-7,10-13,23H,8-9H2,1-5H3,(H,20,21,22)/p+1. The summed E-state index contributed by atoms with van der Waals surface area (Å²) in [5.74, 6) is 0.890. The van der Waals surface area contributed by atoms with Gasteiger partial charge in [0.05, 0.1) is 25.2 Å². The van der Waals surface area contributed by atoms with E-state index in [1.807, 2.05) is 0 Å². The molecule has 0 amide bonds. The lowest BCUT2D eigenvalue weighted by Gasteiger charge is -2.27. The van der Waals surface area contributed by atoms with Crippen LogP contribution >= 0.6 is 0 Å². The maximum absolute atomic E-state index is 4.48. The molecule has 5 heteroatoms. The van der Waals surface area contributed by atoms with Crippen LogP contribution in [0, 0.1) is 6.92 Å². The highest BCUT2D eigenvalue weighted by Crippen LogP contribution is 2.27. The second-order valence-electron chi connectivity index (χ2n) is 7.18. The van der Waals surface area contributed by atoms with Crippen LogP contribution in [-0.4, -0.2) is 40.1 Å². The van der Waals surface area contributed by atoms with Gasteiger partial charge < -0.3 is 15.2 Å². The molecule has 0 saturated heterocycles. The minimum absolute atomic E-state index is 0.619. The van der Waals surface area contributed by atoms with Crippen LogP contribution in [0.15, 0.2) is 24.5 Å². The maximum atomic E-state index is 4.48. The largest absolute Gasteiger partial charge is 0.363 e. The number of hydrogen-bond acceptors (Lipinski definition) is 3. The molecule has 128 valence electrons. The van der Waals surface area contributed by atoms with Gasteiger partial charge in [-0.25, -0.2) is 9.97 Å². The van der Waals surface area contributed by atoms with E-state index in [-0.39, 0.29) is 0 Å². The molecule has 2 aromatic heterocycles. The number of aryl methyl sites for hydroxylation is 1. The normalized spacial score (nSPS) is 12.2. The van der Waals surface area contributed by atoms with Crippen molar-refractivity contribution in [2.45, 2.75) is 46.7 Å². The minimum Gasteiger partial charge on any atom is -0.363 e. The van der Waals surface area contributed by atoms with Gasteiger partial charge in [0.1, 0.15) is 17.4 Å². The van der Waals surface area contributed by atoms with Gasteiger partial charge in [-0.1, -0.05) is 11.6 Å². The summed E-state index contributed by atoms with van der Waals surface area (Å²) in [6.45, 7) is 13.2. The van der Waals surface area contributed by atoms with Gasteiger partial charge >= 0.3 is 0 Å². The molecule has 24 heavy (non-hydrogen) atoms. The Morgan fingerprint density at radius 2 is 1.88 bits per heavy atom. The Balaban J connectivity index is 1.84. The number of quaternary nitrogens is 1. The highest BCUT2D eigenvalue weighted by molar-refractivity contribution is 6.08. The lowest BCUT2D eigenvalue weighted by molar-refractivity contribution is -0.940. The minimum atomic E-state index is 0.619. The van der Waals surface area contributed by atoms with E-state index in [1.54, 1.807) is 11.2 Å². The van der Waals surface area contributed by atoms with Crippen LogP contribution in [0.1, 0.15) is 33.3 Å². The number of H-pyrrole nitrogens is 1. The average Bonchev–Trinajstić information content (AvgIpc) is 2.89. The van der Waals surface area contributed by atoms with Crippen molar-refractivity contribution in [2.75, 3.05) is 18.4 Å². The molecule has 0 aliphatic heterocycles. The zero-order valence-corrected chi connectivity index (χ0v) is 15.3. The smallest absolute Gasteiger partial charge is 0.154 e. The number of benzene rings is 1. The highest BCUT2D eigenvalue weighted by Gasteiger charge is 2.17. The lowest BCUT2D eigenvalue weighted by atomic mass is 10.1. The Labute approximate surface area is 143 Å². The Hall–Kier alpha value is -2.14. The molecule has 5 nitrogen and oxygen atoms in total. The van der Waals surface area contributed by atoms with Crippen molar-refractivity contribution in [1.29, 1.82) is 0 Å².